The third kappa shape index (κ3) is 5.01. The van der Waals surface area contributed by atoms with Crippen molar-refractivity contribution in [3.8, 4) is 0 Å². The number of benzene rings is 2. The highest BCUT2D eigenvalue weighted by molar-refractivity contribution is 7.93. The molecule has 1 amide bonds. The average Bonchev–Trinajstić information content (AvgIpc) is 2.57. The van der Waals surface area contributed by atoms with Crippen LogP contribution in [0.5, 0.6) is 0 Å². The smallest absolute Gasteiger partial charge is 0.287 e. The SMILES string of the molecule is CCCS(=O)(Cc1ccccc1)=NC(=O)C(OC)c1ccccc1. The second-order valence-corrected chi connectivity index (χ2v) is 7.99. The summed E-state index contributed by atoms with van der Waals surface area (Å²) in [6.07, 6.45) is -0.120. The van der Waals surface area contributed by atoms with E-state index in [0.29, 0.717) is 17.7 Å². The summed E-state index contributed by atoms with van der Waals surface area (Å²) in [6.45, 7) is 1.94. The molecule has 2 atom stereocenters. The van der Waals surface area contributed by atoms with E-state index in [2.05, 4.69) is 4.36 Å². The molecule has 2 aromatic rings. The van der Waals surface area contributed by atoms with Crippen LogP contribution in [0.15, 0.2) is 65.0 Å². The third-order valence-electron chi connectivity index (χ3n) is 3.58. The van der Waals surface area contributed by atoms with Crippen LogP contribution in [0.2, 0.25) is 0 Å². The van der Waals surface area contributed by atoms with Crippen LogP contribution in [0.25, 0.3) is 0 Å². The molecule has 0 saturated heterocycles. The van der Waals surface area contributed by atoms with Crippen LogP contribution in [-0.4, -0.2) is 23.0 Å². The van der Waals surface area contributed by atoms with E-state index in [1.165, 1.54) is 7.11 Å². The summed E-state index contributed by atoms with van der Waals surface area (Å²) in [7, 11) is -1.20. The zero-order chi connectivity index (χ0) is 17.4. The maximum atomic E-state index is 13.2. The van der Waals surface area contributed by atoms with Gasteiger partial charge in [-0.3, -0.25) is 4.79 Å². The van der Waals surface area contributed by atoms with Gasteiger partial charge in [0.25, 0.3) is 5.91 Å². The molecule has 2 unspecified atom stereocenters. The molecule has 0 radical (unpaired) electrons. The van der Waals surface area contributed by atoms with Crippen molar-refractivity contribution in [2.75, 3.05) is 12.9 Å². The van der Waals surface area contributed by atoms with Crippen LogP contribution in [-0.2, 0) is 25.0 Å². The number of carbonyl (C=O) groups excluding carboxylic acids is 1. The molecule has 0 heterocycles. The highest BCUT2D eigenvalue weighted by Gasteiger charge is 2.22. The van der Waals surface area contributed by atoms with Crippen molar-refractivity contribution in [2.24, 2.45) is 4.36 Å². The Bertz CT molecular complexity index is 766. The van der Waals surface area contributed by atoms with Crippen molar-refractivity contribution in [3.63, 3.8) is 0 Å². The lowest BCUT2D eigenvalue weighted by atomic mass is 10.1. The first kappa shape index (κ1) is 18.4. The monoisotopic (exact) mass is 345 g/mol. The topological polar surface area (TPSA) is 55.7 Å². The number of amides is 1. The molecule has 0 aliphatic heterocycles. The fourth-order valence-electron chi connectivity index (χ4n) is 2.52. The minimum absolute atomic E-state index is 0.276. The standard InChI is InChI=1S/C19H23NO3S/c1-3-14-24(22,15-16-10-6-4-7-11-16)20-19(21)18(23-2)17-12-8-5-9-13-17/h4-13,18H,3,14-15H2,1-2H3. The Morgan fingerprint density at radius 2 is 1.67 bits per heavy atom. The lowest BCUT2D eigenvalue weighted by molar-refractivity contribution is -0.127. The van der Waals surface area contributed by atoms with E-state index >= 15 is 0 Å². The first-order valence-corrected chi connectivity index (χ1v) is 9.81. The van der Waals surface area contributed by atoms with E-state index in [1.54, 1.807) is 12.1 Å². The van der Waals surface area contributed by atoms with Gasteiger partial charge in [0.2, 0.25) is 0 Å². The summed E-state index contributed by atoms with van der Waals surface area (Å²) in [6, 6.07) is 18.7. The Balaban J connectivity index is 2.31. The number of nitrogens with zero attached hydrogens (tertiary/aromatic N) is 1. The zero-order valence-electron chi connectivity index (χ0n) is 14.1. The normalized spacial score (nSPS) is 14.6. The van der Waals surface area contributed by atoms with Gasteiger partial charge in [-0.1, -0.05) is 67.6 Å². The first-order chi connectivity index (χ1) is 11.6. The summed E-state index contributed by atoms with van der Waals surface area (Å²) < 4.78 is 22.6. The van der Waals surface area contributed by atoms with Gasteiger partial charge in [0.05, 0.1) is 15.5 Å². The highest BCUT2D eigenvalue weighted by Crippen LogP contribution is 2.20. The molecule has 0 fully saturated rings. The van der Waals surface area contributed by atoms with Gasteiger partial charge in [-0.15, -0.1) is 0 Å². The molecule has 5 heteroatoms. The van der Waals surface area contributed by atoms with Crippen molar-refractivity contribution in [1.82, 2.24) is 0 Å². The summed E-state index contributed by atoms with van der Waals surface area (Å²) in [4.78, 5) is 12.6. The molecule has 0 saturated carbocycles. The average molecular weight is 345 g/mol. The predicted molar refractivity (Wildman–Crippen MR) is 97.1 cm³/mol. The van der Waals surface area contributed by atoms with Crippen LogP contribution in [0, 0.1) is 0 Å². The number of rotatable bonds is 7. The van der Waals surface area contributed by atoms with Gasteiger partial charge in [0.1, 0.15) is 0 Å². The molecule has 0 aromatic heterocycles. The molecule has 0 aliphatic carbocycles. The maximum absolute atomic E-state index is 13.2. The highest BCUT2D eigenvalue weighted by atomic mass is 32.2. The van der Waals surface area contributed by atoms with Crippen LogP contribution in [0.1, 0.15) is 30.6 Å². The molecule has 2 aromatic carbocycles. The summed E-state index contributed by atoms with van der Waals surface area (Å²) in [5, 5.41) is 0. The van der Waals surface area contributed by atoms with E-state index in [0.717, 1.165) is 5.56 Å². The Morgan fingerprint density at radius 3 is 2.21 bits per heavy atom. The van der Waals surface area contributed by atoms with E-state index in [-0.39, 0.29) is 5.75 Å². The summed E-state index contributed by atoms with van der Waals surface area (Å²) in [5.41, 5.74) is 1.63. The maximum Gasteiger partial charge on any atom is 0.287 e. The number of methoxy groups -OCH3 is 1. The Labute approximate surface area is 144 Å². The lowest BCUT2D eigenvalue weighted by Crippen LogP contribution is -2.17. The molecule has 0 N–H and O–H groups in total. The Kier molecular flexibility index (Phi) is 6.70. The van der Waals surface area contributed by atoms with Crippen molar-refractivity contribution in [2.45, 2.75) is 25.2 Å². The Morgan fingerprint density at radius 1 is 1.08 bits per heavy atom. The Hall–Kier alpha value is -1.98. The summed E-state index contributed by atoms with van der Waals surface area (Å²) in [5.74, 6) is 0.176. The van der Waals surface area contributed by atoms with Gasteiger partial charge in [0.15, 0.2) is 6.10 Å². The molecular formula is C19H23NO3S. The van der Waals surface area contributed by atoms with E-state index in [4.69, 9.17) is 4.74 Å². The number of carbonyl (C=O) groups is 1. The second kappa shape index (κ2) is 8.76. The molecular weight excluding hydrogens is 322 g/mol. The van der Waals surface area contributed by atoms with Gasteiger partial charge in [-0.2, -0.15) is 4.36 Å². The third-order valence-corrected chi connectivity index (χ3v) is 5.92. The minimum Gasteiger partial charge on any atom is -0.367 e. The first-order valence-electron chi connectivity index (χ1n) is 7.96. The van der Waals surface area contributed by atoms with E-state index < -0.39 is 21.7 Å². The molecule has 0 aliphatic rings. The van der Waals surface area contributed by atoms with Crippen LogP contribution < -0.4 is 0 Å². The minimum atomic E-state index is -2.66. The second-order valence-electron chi connectivity index (χ2n) is 5.56. The molecule has 4 nitrogen and oxygen atoms in total. The van der Waals surface area contributed by atoms with Gasteiger partial charge in [0, 0.05) is 12.9 Å². The molecule has 0 spiro atoms. The van der Waals surface area contributed by atoms with E-state index in [1.807, 2.05) is 55.5 Å². The van der Waals surface area contributed by atoms with Crippen molar-refractivity contribution in [1.29, 1.82) is 0 Å². The summed E-state index contributed by atoms with van der Waals surface area (Å²) >= 11 is 0. The zero-order valence-corrected chi connectivity index (χ0v) is 14.9. The lowest BCUT2D eigenvalue weighted by Gasteiger charge is -2.14. The van der Waals surface area contributed by atoms with Gasteiger partial charge >= 0.3 is 0 Å². The van der Waals surface area contributed by atoms with Crippen molar-refractivity contribution < 1.29 is 13.7 Å². The van der Waals surface area contributed by atoms with Crippen molar-refractivity contribution >= 4 is 15.6 Å². The number of hydrogen-bond acceptors (Lipinski definition) is 3. The largest absolute Gasteiger partial charge is 0.367 e. The number of hydrogen-bond donors (Lipinski definition) is 0. The van der Waals surface area contributed by atoms with Crippen molar-refractivity contribution in [3.05, 3.63) is 71.8 Å². The molecule has 128 valence electrons. The van der Waals surface area contributed by atoms with Gasteiger partial charge in [-0.25, -0.2) is 4.21 Å². The molecule has 2 rings (SSSR count). The van der Waals surface area contributed by atoms with Gasteiger partial charge < -0.3 is 4.74 Å². The number of ether oxygens (including phenoxy) is 1. The van der Waals surface area contributed by atoms with Crippen LogP contribution in [0.3, 0.4) is 0 Å². The quantitative estimate of drug-likeness (QED) is 0.763. The van der Waals surface area contributed by atoms with Crippen LogP contribution in [0.4, 0.5) is 0 Å². The van der Waals surface area contributed by atoms with Crippen LogP contribution >= 0.6 is 0 Å². The fourth-order valence-corrected chi connectivity index (χ4v) is 4.60. The molecule has 24 heavy (non-hydrogen) atoms. The molecule has 0 bridgehead atoms. The fraction of sp³-hybridized carbons (Fsp3) is 0.316. The van der Waals surface area contributed by atoms with E-state index in [9.17, 15) is 9.00 Å². The van der Waals surface area contributed by atoms with Gasteiger partial charge in [-0.05, 0) is 17.5 Å². The predicted octanol–water partition coefficient (Wildman–Crippen LogP) is 3.98.